The van der Waals surface area contributed by atoms with E-state index in [1.165, 1.54) is 0 Å². The molecule has 2 N–H and O–H groups in total. The molecular weight excluding hydrogens is 304 g/mol. The second-order valence-electron chi connectivity index (χ2n) is 5.83. The largest absolute Gasteiger partial charge is 0.439 e. The van der Waals surface area contributed by atoms with Crippen molar-refractivity contribution in [3.05, 3.63) is 53.2 Å². The summed E-state index contributed by atoms with van der Waals surface area (Å²) in [6.07, 6.45) is 0. The number of hydrogen-bond acceptors (Lipinski definition) is 5. The topological polar surface area (TPSA) is 92.2 Å². The Kier molecular flexibility index (Phi) is 4.45. The minimum Gasteiger partial charge on any atom is -0.439 e. The molecular formula is C18H18N4O2. The minimum absolute atomic E-state index is 0.0560. The van der Waals surface area contributed by atoms with E-state index in [9.17, 15) is 4.79 Å². The predicted molar refractivity (Wildman–Crippen MR) is 88.4 cm³/mol. The molecule has 1 aliphatic heterocycles. The van der Waals surface area contributed by atoms with Crippen LogP contribution in [0.1, 0.15) is 21.6 Å². The zero-order valence-corrected chi connectivity index (χ0v) is 13.4. The highest BCUT2D eigenvalue weighted by Gasteiger charge is 2.31. The first-order valence-electron chi connectivity index (χ1n) is 7.73. The lowest BCUT2D eigenvalue weighted by atomic mass is 10.0. The van der Waals surface area contributed by atoms with E-state index in [1.807, 2.05) is 13.0 Å². The minimum atomic E-state index is -0.0909. The molecule has 3 rings (SSSR count). The molecule has 6 heteroatoms. The Morgan fingerprint density at radius 3 is 2.92 bits per heavy atom. The van der Waals surface area contributed by atoms with E-state index in [0.717, 1.165) is 11.3 Å². The van der Waals surface area contributed by atoms with E-state index in [0.29, 0.717) is 36.8 Å². The molecule has 1 saturated heterocycles. The summed E-state index contributed by atoms with van der Waals surface area (Å²) in [5, 5.41) is 8.81. The highest BCUT2D eigenvalue weighted by Crippen LogP contribution is 2.24. The molecule has 2 aromatic rings. The molecule has 1 aromatic heterocycles. The number of nitriles is 1. The summed E-state index contributed by atoms with van der Waals surface area (Å²) in [4.78, 5) is 18.4. The average Bonchev–Trinajstić information content (AvgIpc) is 2.53. The molecule has 0 saturated carbocycles. The number of hydrogen-bond donors (Lipinski definition) is 1. The van der Waals surface area contributed by atoms with Crippen LogP contribution in [0, 0.1) is 24.2 Å². The number of carbonyl (C=O) groups is 1. The van der Waals surface area contributed by atoms with Gasteiger partial charge in [0.25, 0.3) is 5.91 Å². The number of benzene rings is 1. The lowest BCUT2D eigenvalue weighted by Gasteiger charge is -2.35. The van der Waals surface area contributed by atoms with Gasteiger partial charge in [0.1, 0.15) is 5.75 Å². The van der Waals surface area contributed by atoms with E-state index in [4.69, 9.17) is 15.7 Å². The fourth-order valence-corrected chi connectivity index (χ4v) is 2.60. The Bertz CT molecular complexity index is 807. The molecule has 0 unspecified atom stereocenters. The standard InChI is InChI=1S/C18H18N4O2/c1-12-5-13(8-19)6-17(21-12)24-16-4-2-3-15(7-16)18(23)22-10-14(9-20)11-22/h2-7,14H,8,10-11,19H2,1H3. The van der Waals surface area contributed by atoms with Gasteiger partial charge in [-0.1, -0.05) is 6.07 Å². The zero-order valence-electron chi connectivity index (χ0n) is 13.4. The van der Waals surface area contributed by atoms with E-state index >= 15 is 0 Å². The molecule has 24 heavy (non-hydrogen) atoms. The SMILES string of the molecule is Cc1cc(CN)cc(Oc2cccc(C(=O)N3CC(C#N)C3)c2)n1. The first-order chi connectivity index (χ1) is 11.6. The predicted octanol–water partition coefficient (Wildman–Crippen LogP) is 2.24. The summed E-state index contributed by atoms with van der Waals surface area (Å²) >= 11 is 0. The third-order valence-electron chi connectivity index (χ3n) is 3.88. The van der Waals surface area contributed by atoms with Gasteiger partial charge in [-0.05, 0) is 36.8 Å². The van der Waals surface area contributed by atoms with Gasteiger partial charge in [-0.3, -0.25) is 4.79 Å². The smallest absolute Gasteiger partial charge is 0.254 e. The monoisotopic (exact) mass is 322 g/mol. The summed E-state index contributed by atoms with van der Waals surface area (Å²) in [5.74, 6) is 0.846. The van der Waals surface area contributed by atoms with Gasteiger partial charge in [0.2, 0.25) is 5.88 Å². The molecule has 0 spiro atoms. The highest BCUT2D eigenvalue weighted by atomic mass is 16.5. The summed E-state index contributed by atoms with van der Waals surface area (Å²) in [7, 11) is 0. The maximum absolute atomic E-state index is 12.4. The molecule has 0 bridgehead atoms. The number of aromatic nitrogens is 1. The summed E-state index contributed by atoms with van der Waals surface area (Å²) < 4.78 is 5.78. The third kappa shape index (κ3) is 3.36. The summed E-state index contributed by atoms with van der Waals surface area (Å²) in [6.45, 7) is 3.26. The normalized spacial score (nSPS) is 14.0. The average molecular weight is 322 g/mol. The zero-order chi connectivity index (χ0) is 17.1. The Morgan fingerprint density at radius 2 is 2.21 bits per heavy atom. The van der Waals surface area contributed by atoms with Crippen molar-refractivity contribution < 1.29 is 9.53 Å². The van der Waals surface area contributed by atoms with Crippen LogP contribution in [0.25, 0.3) is 0 Å². The number of rotatable bonds is 4. The van der Waals surface area contributed by atoms with Gasteiger partial charge in [-0.25, -0.2) is 4.98 Å². The quantitative estimate of drug-likeness (QED) is 0.932. The van der Waals surface area contributed by atoms with Crippen molar-refractivity contribution in [2.24, 2.45) is 11.7 Å². The fourth-order valence-electron chi connectivity index (χ4n) is 2.60. The number of aryl methyl sites for hydroxylation is 1. The third-order valence-corrected chi connectivity index (χ3v) is 3.88. The highest BCUT2D eigenvalue weighted by molar-refractivity contribution is 5.95. The lowest BCUT2D eigenvalue weighted by molar-refractivity contribution is 0.0577. The fraction of sp³-hybridized carbons (Fsp3) is 0.278. The molecule has 1 aromatic carbocycles. The van der Waals surface area contributed by atoms with Crippen molar-refractivity contribution in [3.8, 4) is 17.7 Å². The van der Waals surface area contributed by atoms with Gasteiger partial charge in [-0.2, -0.15) is 5.26 Å². The first kappa shape index (κ1) is 16.0. The van der Waals surface area contributed by atoms with E-state index < -0.39 is 0 Å². The van der Waals surface area contributed by atoms with Gasteiger partial charge in [0.05, 0.1) is 12.0 Å². The molecule has 2 heterocycles. The van der Waals surface area contributed by atoms with Crippen molar-refractivity contribution in [3.63, 3.8) is 0 Å². The van der Waals surface area contributed by atoms with E-state index in [-0.39, 0.29) is 11.8 Å². The molecule has 1 aliphatic rings. The first-order valence-corrected chi connectivity index (χ1v) is 7.73. The second kappa shape index (κ2) is 6.69. The van der Waals surface area contributed by atoms with Gasteiger partial charge in [0, 0.05) is 37.0 Å². The molecule has 0 aliphatic carbocycles. The van der Waals surface area contributed by atoms with Crippen LogP contribution in [0.4, 0.5) is 0 Å². The lowest BCUT2D eigenvalue weighted by Crippen LogP contribution is -2.49. The van der Waals surface area contributed by atoms with Crippen molar-refractivity contribution in [2.75, 3.05) is 13.1 Å². The van der Waals surface area contributed by atoms with Crippen LogP contribution in [-0.2, 0) is 6.54 Å². The van der Waals surface area contributed by atoms with Crippen LogP contribution >= 0.6 is 0 Å². The number of likely N-dealkylation sites (tertiary alicyclic amines) is 1. The number of ether oxygens (including phenoxy) is 1. The number of carbonyl (C=O) groups excluding carboxylic acids is 1. The van der Waals surface area contributed by atoms with Crippen molar-refractivity contribution in [1.82, 2.24) is 9.88 Å². The van der Waals surface area contributed by atoms with Gasteiger partial charge >= 0.3 is 0 Å². The Morgan fingerprint density at radius 1 is 1.42 bits per heavy atom. The van der Waals surface area contributed by atoms with E-state index in [2.05, 4.69) is 11.1 Å². The van der Waals surface area contributed by atoms with Gasteiger partial charge in [0.15, 0.2) is 0 Å². The van der Waals surface area contributed by atoms with Crippen LogP contribution in [0.5, 0.6) is 11.6 Å². The molecule has 1 amide bonds. The van der Waals surface area contributed by atoms with Crippen molar-refractivity contribution in [1.29, 1.82) is 5.26 Å². The van der Waals surface area contributed by atoms with Crippen LogP contribution in [0.15, 0.2) is 36.4 Å². The number of pyridine rings is 1. The van der Waals surface area contributed by atoms with Gasteiger partial charge < -0.3 is 15.4 Å². The van der Waals surface area contributed by atoms with Crippen LogP contribution in [0.2, 0.25) is 0 Å². The molecule has 6 nitrogen and oxygen atoms in total. The molecule has 0 atom stereocenters. The van der Waals surface area contributed by atoms with Gasteiger partial charge in [-0.15, -0.1) is 0 Å². The molecule has 0 radical (unpaired) electrons. The maximum Gasteiger partial charge on any atom is 0.254 e. The van der Waals surface area contributed by atoms with Crippen LogP contribution < -0.4 is 10.5 Å². The second-order valence-corrected chi connectivity index (χ2v) is 5.83. The summed E-state index contributed by atoms with van der Waals surface area (Å²) in [6, 6.07) is 12.8. The number of nitrogens with zero attached hydrogens (tertiary/aromatic N) is 3. The number of nitrogens with two attached hydrogens (primary N) is 1. The van der Waals surface area contributed by atoms with Crippen LogP contribution in [-0.4, -0.2) is 28.9 Å². The van der Waals surface area contributed by atoms with Crippen molar-refractivity contribution >= 4 is 5.91 Å². The number of amides is 1. The summed E-state index contributed by atoms with van der Waals surface area (Å²) in [5.41, 5.74) is 7.96. The maximum atomic E-state index is 12.4. The van der Waals surface area contributed by atoms with Crippen molar-refractivity contribution in [2.45, 2.75) is 13.5 Å². The van der Waals surface area contributed by atoms with Crippen LogP contribution in [0.3, 0.4) is 0 Å². The van der Waals surface area contributed by atoms with E-state index in [1.54, 1.807) is 35.2 Å². The Balaban J connectivity index is 1.75. The molecule has 1 fully saturated rings. The Labute approximate surface area is 140 Å². The molecule has 122 valence electrons. The Hall–Kier alpha value is -2.91.